The van der Waals surface area contributed by atoms with Gasteiger partial charge in [0.25, 0.3) is 5.91 Å². The van der Waals surface area contributed by atoms with E-state index in [2.05, 4.69) is 11.9 Å². The molecule has 128 valence electrons. The van der Waals surface area contributed by atoms with E-state index < -0.39 is 0 Å². The zero-order valence-corrected chi connectivity index (χ0v) is 14.4. The van der Waals surface area contributed by atoms with E-state index in [4.69, 9.17) is 15.2 Å². The fourth-order valence-electron chi connectivity index (χ4n) is 2.49. The second kappa shape index (κ2) is 8.79. The van der Waals surface area contributed by atoms with Gasteiger partial charge in [-0.05, 0) is 37.3 Å². The van der Waals surface area contributed by atoms with Crippen LogP contribution in [0.1, 0.15) is 28.8 Å². The van der Waals surface area contributed by atoms with Crippen LogP contribution in [0.15, 0.2) is 24.8 Å². The van der Waals surface area contributed by atoms with Gasteiger partial charge in [0.1, 0.15) is 0 Å². The first-order valence-electron chi connectivity index (χ1n) is 7.50. The van der Waals surface area contributed by atoms with E-state index in [0.29, 0.717) is 35.9 Å². The number of hydrogen-bond donors (Lipinski definition) is 2. The summed E-state index contributed by atoms with van der Waals surface area (Å²) >= 11 is 0. The zero-order chi connectivity index (χ0) is 16.1. The highest BCUT2D eigenvalue weighted by Gasteiger charge is 2.28. The van der Waals surface area contributed by atoms with Crippen LogP contribution < -0.4 is 20.5 Å². The molecule has 1 aromatic carbocycles. The van der Waals surface area contributed by atoms with Crippen molar-refractivity contribution >= 4 is 18.3 Å². The smallest absolute Gasteiger partial charge is 0.251 e. The van der Waals surface area contributed by atoms with E-state index in [9.17, 15) is 4.79 Å². The summed E-state index contributed by atoms with van der Waals surface area (Å²) in [4.78, 5) is 12.3. The maximum absolute atomic E-state index is 12.3. The molecule has 1 fully saturated rings. The molecule has 23 heavy (non-hydrogen) atoms. The number of carbonyl (C=O) groups is 1. The van der Waals surface area contributed by atoms with Crippen molar-refractivity contribution < 1.29 is 14.3 Å². The molecule has 1 aliphatic carbocycles. The molecule has 0 bridgehead atoms. The number of nitrogens with one attached hydrogen (secondary N) is 1. The fourth-order valence-corrected chi connectivity index (χ4v) is 2.49. The minimum atomic E-state index is -0.151. The number of methoxy groups -OCH3 is 2. The third kappa shape index (κ3) is 4.88. The van der Waals surface area contributed by atoms with Crippen LogP contribution >= 0.6 is 12.4 Å². The normalized spacial score (nSPS) is 14.4. The van der Waals surface area contributed by atoms with Crippen LogP contribution in [0.2, 0.25) is 0 Å². The number of rotatable bonds is 8. The largest absolute Gasteiger partial charge is 0.493 e. The lowest BCUT2D eigenvalue weighted by molar-refractivity contribution is 0.0949. The molecule has 0 radical (unpaired) electrons. The van der Waals surface area contributed by atoms with Gasteiger partial charge in [-0.2, -0.15) is 0 Å². The van der Waals surface area contributed by atoms with E-state index >= 15 is 0 Å². The minimum absolute atomic E-state index is 0. The van der Waals surface area contributed by atoms with Crippen LogP contribution in [0, 0.1) is 5.92 Å². The van der Waals surface area contributed by atoms with Gasteiger partial charge in [0, 0.05) is 23.7 Å². The predicted octanol–water partition coefficient (Wildman–Crippen LogP) is 2.32. The highest BCUT2D eigenvalue weighted by atomic mass is 35.5. The molecule has 1 unspecified atom stereocenters. The van der Waals surface area contributed by atoms with Crippen LogP contribution in [0.5, 0.6) is 11.5 Å². The summed E-state index contributed by atoms with van der Waals surface area (Å²) in [6.45, 7) is 4.23. The first kappa shape index (κ1) is 19.3. The quantitative estimate of drug-likeness (QED) is 0.712. The lowest BCUT2D eigenvalue weighted by Crippen LogP contribution is -2.38. The second-order valence-electron chi connectivity index (χ2n) is 5.57. The van der Waals surface area contributed by atoms with Gasteiger partial charge in [-0.1, -0.05) is 6.08 Å². The molecule has 6 heteroatoms. The number of amides is 1. The summed E-state index contributed by atoms with van der Waals surface area (Å²) < 4.78 is 10.7. The Hall–Kier alpha value is -1.72. The standard InChI is InChI=1S/C17H24N2O3.ClH/c1-4-5-12-8-13(9-15(21-2)16(12)22-3)17(20)19-10-14(18)11-6-7-11;/h4,8-9,11,14H,1,5-7,10,18H2,2-3H3,(H,19,20);1H. The first-order chi connectivity index (χ1) is 10.6. The van der Waals surface area contributed by atoms with Crippen LogP contribution in [-0.2, 0) is 6.42 Å². The summed E-state index contributed by atoms with van der Waals surface area (Å²) in [5.41, 5.74) is 7.42. The number of ether oxygens (including phenoxy) is 2. The zero-order valence-electron chi connectivity index (χ0n) is 13.6. The Labute approximate surface area is 143 Å². The molecule has 0 aromatic heterocycles. The van der Waals surface area contributed by atoms with Crippen molar-refractivity contribution in [2.75, 3.05) is 20.8 Å². The molecule has 2 rings (SSSR count). The van der Waals surface area contributed by atoms with Crippen molar-refractivity contribution in [3.05, 3.63) is 35.9 Å². The maximum Gasteiger partial charge on any atom is 0.251 e. The van der Waals surface area contributed by atoms with Gasteiger partial charge in [0.05, 0.1) is 14.2 Å². The Morgan fingerprint density at radius 2 is 2.13 bits per heavy atom. The highest BCUT2D eigenvalue weighted by molar-refractivity contribution is 5.95. The van der Waals surface area contributed by atoms with Crippen LogP contribution in [0.4, 0.5) is 0 Å². The molecule has 5 nitrogen and oxygen atoms in total. The van der Waals surface area contributed by atoms with Crippen LogP contribution in [0.3, 0.4) is 0 Å². The molecule has 0 heterocycles. The van der Waals surface area contributed by atoms with Crippen molar-refractivity contribution in [1.82, 2.24) is 5.32 Å². The minimum Gasteiger partial charge on any atom is -0.493 e. The average molecular weight is 341 g/mol. The van der Waals surface area contributed by atoms with E-state index in [1.165, 1.54) is 0 Å². The van der Waals surface area contributed by atoms with Gasteiger partial charge in [0.2, 0.25) is 0 Å². The molecule has 0 saturated heterocycles. The van der Waals surface area contributed by atoms with Crippen molar-refractivity contribution in [3.8, 4) is 11.5 Å². The SMILES string of the molecule is C=CCc1cc(C(=O)NCC(N)C2CC2)cc(OC)c1OC.Cl. The van der Waals surface area contributed by atoms with Gasteiger partial charge >= 0.3 is 0 Å². The number of halogens is 1. The molecule has 0 aliphatic heterocycles. The Bertz CT molecular complexity index is 559. The third-order valence-electron chi connectivity index (χ3n) is 3.91. The monoisotopic (exact) mass is 340 g/mol. The van der Waals surface area contributed by atoms with E-state index in [1.54, 1.807) is 32.4 Å². The molecule has 0 spiro atoms. The van der Waals surface area contributed by atoms with Crippen LogP contribution in [-0.4, -0.2) is 32.7 Å². The topological polar surface area (TPSA) is 73.6 Å². The number of allylic oxidation sites excluding steroid dienone is 1. The Balaban J connectivity index is 0.00000264. The summed E-state index contributed by atoms with van der Waals surface area (Å²) in [5.74, 6) is 1.58. The van der Waals surface area contributed by atoms with Crippen molar-refractivity contribution in [3.63, 3.8) is 0 Å². The lowest BCUT2D eigenvalue weighted by atomic mass is 10.0. The van der Waals surface area contributed by atoms with Crippen molar-refractivity contribution in [2.45, 2.75) is 25.3 Å². The summed E-state index contributed by atoms with van der Waals surface area (Å²) in [5, 5.41) is 2.89. The van der Waals surface area contributed by atoms with Gasteiger partial charge in [-0.3, -0.25) is 4.79 Å². The Kier molecular flexibility index (Phi) is 7.39. The molecular weight excluding hydrogens is 316 g/mol. The Morgan fingerprint density at radius 3 is 2.65 bits per heavy atom. The van der Waals surface area contributed by atoms with Crippen molar-refractivity contribution in [1.29, 1.82) is 0 Å². The summed E-state index contributed by atoms with van der Waals surface area (Å²) in [6, 6.07) is 3.53. The number of benzene rings is 1. The van der Waals surface area contributed by atoms with Crippen molar-refractivity contribution in [2.24, 2.45) is 11.7 Å². The fraction of sp³-hybridized carbons (Fsp3) is 0.471. The first-order valence-corrected chi connectivity index (χ1v) is 7.50. The summed E-state index contributed by atoms with van der Waals surface area (Å²) in [7, 11) is 3.14. The molecule has 1 amide bonds. The second-order valence-corrected chi connectivity index (χ2v) is 5.57. The third-order valence-corrected chi connectivity index (χ3v) is 3.91. The number of carbonyl (C=O) groups excluding carboxylic acids is 1. The average Bonchev–Trinajstić information content (AvgIpc) is 3.36. The highest BCUT2D eigenvalue weighted by Crippen LogP contribution is 2.33. The van der Waals surface area contributed by atoms with Gasteiger partial charge in [-0.15, -0.1) is 19.0 Å². The van der Waals surface area contributed by atoms with Gasteiger partial charge < -0.3 is 20.5 Å². The maximum atomic E-state index is 12.3. The summed E-state index contributed by atoms with van der Waals surface area (Å²) in [6.07, 6.45) is 4.69. The number of nitrogens with two attached hydrogens (primary N) is 1. The van der Waals surface area contributed by atoms with Gasteiger partial charge in [0.15, 0.2) is 11.5 Å². The molecule has 1 aromatic rings. The van der Waals surface area contributed by atoms with Gasteiger partial charge in [-0.25, -0.2) is 0 Å². The lowest BCUT2D eigenvalue weighted by Gasteiger charge is -2.15. The van der Waals surface area contributed by atoms with E-state index in [-0.39, 0.29) is 24.4 Å². The molecular formula is C17H25ClN2O3. The molecule has 1 atom stereocenters. The predicted molar refractivity (Wildman–Crippen MR) is 93.7 cm³/mol. The van der Waals surface area contributed by atoms with E-state index in [0.717, 1.165) is 18.4 Å². The Morgan fingerprint density at radius 1 is 1.43 bits per heavy atom. The number of hydrogen-bond acceptors (Lipinski definition) is 4. The van der Waals surface area contributed by atoms with E-state index in [1.807, 2.05) is 0 Å². The molecule has 3 N–H and O–H groups in total. The van der Waals surface area contributed by atoms with Crippen LogP contribution in [0.25, 0.3) is 0 Å². The molecule has 1 saturated carbocycles. The molecule has 1 aliphatic rings.